The number of nitrogens with one attached hydrogen (secondary N) is 2. The lowest BCUT2D eigenvalue weighted by Gasteiger charge is -2.19. The van der Waals surface area contributed by atoms with Gasteiger partial charge in [-0.3, -0.25) is 4.79 Å². The maximum Gasteiger partial charge on any atom is 0.259 e. The first kappa shape index (κ1) is 15.4. The Morgan fingerprint density at radius 3 is 2.76 bits per heavy atom. The average molecular weight is 289 g/mol. The van der Waals surface area contributed by atoms with Crippen molar-refractivity contribution in [1.82, 2.24) is 5.43 Å². The van der Waals surface area contributed by atoms with Gasteiger partial charge in [-0.05, 0) is 49.4 Å². The monoisotopic (exact) mass is 289 g/mol. The van der Waals surface area contributed by atoms with Crippen molar-refractivity contribution in [3.63, 3.8) is 0 Å². The predicted octanol–water partition coefficient (Wildman–Crippen LogP) is 2.79. The molecule has 0 aromatic heterocycles. The van der Waals surface area contributed by atoms with Gasteiger partial charge >= 0.3 is 0 Å². The molecular formula is C16H23N3O2. The molecular weight excluding hydrogens is 266 g/mol. The number of carbonyl (C=O) groups is 1. The number of rotatable bonds is 5. The molecule has 5 heteroatoms. The summed E-state index contributed by atoms with van der Waals surface area (Å²) in [6.07, 6.45) is 4.59. The van der Waals surface area contributed by atoms with Gasteiger partial charge in [0.15, 0.2) is 0 Å². The van der Waals surface area contributed by atoms with Gasteiger partial charge in [-0.25, -0.2) is 5.43 Å². The van der Waals surface area contributed by atoms with E-state index in [1.54, 1.807) is 7.11 Å². The van der Waals surface area contributed by atoms with Crippen molar-refractivity contribution < 1.29 is 9.53 Å². The summed E-state index contributed by atoms with van der Waals surface area (Å²) in [4.78, 5) is 11.8. The fourth-order valence-corrected chi connectivity index (χ4v) is 2.40. The number of ether oxygens (including phenoxy) is 1. The molecule has 0 saturated heterocycles. The fraction of sp³-hybridized carbons (Fsp3) is 0.500. The zero-order valence-corrected chi connectivity index (χ0v) is 12.7. The maximum absolute atomic E-state index is 11.8. The van der Waals surface area contributed by atoms with Gasteiger partial charge in [0.1, 0.15) is 5.75 Å². The number of hydrogen-bond donors (Lipinski definition) is 2. The highest BCUT2D eigenvalue weighted by atomic mass is 16.5. The predicted molar refractivity (Wildman–Crippen MR) is 84.7 cm³/mol. The van der Waals surface area contributed by atoms with Gasteiger partial charge in [0, 0.05) is 11.4 Å². The molecule has 1 aromatic carbocycles. The Bertz CT molecular complexity index is 497. The number of hydrogen-bond acceptors (Lipinski definition) is 4. The fourth-order valence-electron chi connectivity index (χ4n) is 2.40. The van der Waals surface area contributed by atoms with Gasteiger partial charge in [-0.2, -0.15) is 5.10 Å². The molecule has 1 fully saturated rings. The van der Waals surface area contributed by atoms with Gasteiger partial charge in [0.2, 0.25) is 0 Å². The molecule has 1 aliphatic carbocycles. The number of methoxy groups -OCH3 is 1. The number of hydrazone groups is 1. The van der Waals surface area contributed by atoms with Crippen LogP contribution < -0.4 is 15.5 Å². The van der Waals surface area contributed by atoms with Crippen LogP contribution in [-0.2, 0) is 4.79 Å². The van der Waals surface area contributed by atoms with Crippen molar-refractivity contribution in [2.75, 3.05) is 19.0 Å². The van der Waals surface area contributed by atoms with E-state index in [-0.39, 0.29) is 12.5 Å². The van der Waals surface area contributed by atoms with Crippen molar-refractivity contribution in [2.24, 2.45) is 11.0 Å². The number of carbonyl (C=O) groups excluding carboxylic acids is 1. The number of amides is 1. The first-order chi connectivity index (χ1) is 10.2. The van der Waals surface area contributed by atoms with E-state index in [2.05, 4.69) is 22.8 Å². The lowest BCUT2D eigenvalue weighted by atomic mass is 9.89. The highest BCUT2D eigenvalue weighted by Gasteiger charge is 2.15. The summed E-state index contributed by atoms with van der Waals surface area (Å²) in [7, 11) is 1.63. The molecule has 0 radical (unpaired) electrons. The van der Waals surface area contributed by atoms with Crippen LogP contribution in [0.3, 0.4) is 0 Å². The normalized spacial score (nSPS) is 20.1. The third kappa shape index (κ3) is 4.77. The number of anilines is 1. The highest BCUT2D eigenvalue weighted by molar-refractivity contribution is 5.89. The number of benzene rings is 1. The topological polar surface area (TPSA) is 62.7 Å². The van der Waals surface area contributed by atoms with E-state index >= 15 is 0 Å². The lowest BCUT2D eigenvalue weighted by molar-refractivity contribution is -0.119. The minimum absolute atomic E-state index is 0.129. The summed E-state index contributed by atoms with van der Waals surface area (Å²) in [5.41, 5.74) is 4.63. The molecule has 1 aliphatic rings. The van der Waals surface area contributed by atoms with Crippen LogP contribution in [0.1, 0.15) is 32.6 Å². The molecule has 1 aromatic rings. The molecule has 2 rings (SSSR count). The molecule has 21 heavy (non-hydrogen) atoms. The Labute approximate surface area is 125 Å². The quantitative estimate of drug-likeness (QED) is 0.819. The van der Waals surface area contributed by atoms with Crippen molar-refractivity contribution in [1.29, 1.82) is 0 Å². The van der Waals surface area contributed by atoms with Gasteiger partial charge in [0.25, 0.3) is 5.91 Å². The SMILES string of the molecule is COc1ccc(NCC(=O)N/N=C2/CCCC[C@@H]2C)cc1. The zero-order chi connectivity index (χ0) is 15.1. The van der Waals surface area contributed by atoms with E-state index in [1.165, 1.54) is 19.3 Å². The van der Waals surface area contributed by atoms with Crippen LogP contribution in [-0.4, -0.2) is 25.3 Å². The van der Waals surface area contributed by atoms with Crippen LogP contribution in [0.25, 0.3) is 0 Å². The molecule has 0 spiro atoms. The third-order valence-electron chi connectivity index (χ3n) is 3.76. The van der Waals surface area contributed by atoms with E-state index in [1.807, 2.05) is 24.3 Å². The summed E-state index contributed by atoms with van der Waals surface area (Å²) in [5.74, 6) is 1.15. The van der Waals surface area contributed by atoms with Gasteiger partial charge in [-0.1, -0.05) is 13.3 Å². The van der Waals surface area contributed by atoms with Gasteiger partial charge in [0.05, 0.1) is 13.7 Å². The summed E-state index contributed by atoms with van der Waals surface area (Å²) < 4.78 is 5.09. The molecule has 1 amide bonds. The van der Waals surface area contributed by atoms with E-state index < -0.39 is 0 Å². The van der Waals surface area contributed by atoms with Crippen LogP contribution in [0.15, 0.2) is 29.4 Å². The standard InChI is InChI=1S/C16H23N3O2/c1-12-5-3-4-6-15(12)18-19-16(20)11-17-13-7-9-14(21-2)10-8-13/h7-10,12,17H,3-6,11H2,1-2H3,(H,19,20)/b18-15-/t12-/m0/s1. The minimum Gasteiger partial charge on any atom is -0.497 e. The minimum atomic E-state index is -0.129. The molecule has 0 heterocycles. The Balaban J connectivity index is 1.77. The van der Waals surface area contributed by atoms with Crippen molar-refractivity contribution in [3.8, 4) is 5.75 Å². The molecule has 2 N–H and O–H groups in total. The van der Waals surface area contributed by atoms with Crippen LogP contribution in [0.5, 0.6) is 5.75 Å². The maximum atomic E-state index is 11.8. The van der Waals surface area contributed by atoms with Crippen LogP contribution in [0.2, 0.25) is 0 Å². The van der Waals surface area contributed by atoms with Crippen molar-refractivity contribution in [3.05, 3.63) is 24.3 Å². The zero-order valence-electron chi connectivity index (χ0n) is 12.7. The summed E-state index contributed by atoms with van der Waals surface area (Å²) >= 11 is 0. The molecule has 0 aliphatic heterocycles. The molecule has 1 atom stereocenters. The Hall–Kier alpha value is -2.04. The second kappa shape index (κ2) is 7.67. The molecule has 114 valence electrons. The third-order valence-corrected chi connectivity index (χ3v) is 3.76. The Morgan fingerprint density at radius 2 is 2.10 bits per heavy atom. The molecule has 5 nitrogen and oxygen atoms in total. The van der Waals surface area contributed by atoms with Gasteiger partial charge in [-0.15, -0.1) is 0 Å². The second-order valence-corrected chi connectivity index (χ2v) is 5.37. The largest absolute Gasteiger partial charge is 0.497 e. The van der Waals surface area contributed by atoms with Crippen LogP contribution in [0.4, 0.5) is 5.69 Å². The Morgan fingerprint density at radius 1 is 1.33 bits per heavy atom. The summed E-state index contributed by atoms with van der Waals surface area (Å²) in [6, 6.07) is 7.46. The van der Waals surface area contributed by atoms with E-state index in [9.17, 15) is 4.79 Å². The molecule has 0 bridgehead atoms. The van der Waals surface area contributed by atoms with Crippen LogP contribution >= 0.6 is 0 Å². The van der Waals surface area contributed by atoms with Gasteiger partial charge < -0.3 is 10.1 Å². The van der Waals surface area contributed by atoms with E-state index in [0.29, 0.717) is 5.92 Å². The van der Waals surface area contributed by atoms with E-state index in [0.717, 1.165) is 23.6 Å². The first-order valence-electron chi connectivity index (χ1n) is 7.42. The Kier molecular flexibility index (Phi) is 5.60. The lowest BCUT2D eigenvalue weighted by Crippen LogP contribution is -2.28. The van der Waals surface area contributed by atoms with Crippen molar-refractivity contribution >= 4 is 17.3 Å². The van der Waals surface area contributed by atoms with Crippen LogP contribution in [0, 0.1) is 5.92 Å². The van der Waals surface area contributed by atoms with E-state index in [4.69, 9.17) is 4.74 Å². The van der Waals surface area contributed by atoms with Crippen molar-refractivity contribution in [2.45, 2.75) is 32.6 Å². The molecule has 0 unspecified atom stereocenters. The number of nitrogens with zero attached hydrogens (tertiary/aromatic N) is 1. The smallest absolute Gasteiger partial charge is 0.259 e. The second-order valence-electron chi connectivity index (χ2n) is 5.37. The summed E-state index contributed by atoms with van der Waals surface area (Å²) in [6.45, 7) is 2.37. The molecule has 1 saturated carbocycles. The first-order valence-corrected chi connectivity index (χ1v) is 7.42. The summed E-state index contributed by atoms with van der Waals surface area (Å²) in [5, 5.41) is 7.32. The highest BCUT2D eigenvalue weighted by Crippen LogP contribution is 2.20. The average Bonchev–Trinajstić information content (AvgIpc) is 2.52.